The molecule has 25 heavy (non-hydrogen) atoms. The van der Waals surface area contributed by atoms with Gasteiger partial charge in [0.15, 0.2) is 0 Å². The number of rotatable bonds is 3. The minimum Gasteiger partial charge on any atom is -0.328 e. The van der Waals surface area contributed by atoms with Crippen LogP contribution in [-0.2, 0) is 19.4 Å². The molecule has 1 N–H and O–H groups in total. The third-order valence-electron chi connectivity index (χ3n) is 5.25. The molecule has 1 aromatic carbocycles. The Morgan fingerprint density at radius 2 is 1.96 bits per heavy atom. The number of carbonyl (C=O) groups excluding carboxylic acids is 1. The predicted molar refractivity (Wildman–Crippen MR) is 97.8 cm³/mol. The van der Waals surface area contributed by atoms with E-state index in [9.17, 15) is 4.79 Å². The molecule has 5 heteroatoms. The van der Waals surface area contributed by atoms with Crippen molar-refractivity contribution in [1.82, 2.24) is 4.90 Å². The molecule has 1 saturated heterocycles. The third-order valence-corrected chi connectivity index (χ3v) is 6.48. The number of quaternary nitrogens is 1. The summed E-state index contributed by atoms with van der Waals surface area (Å²) in [6, 6.07) is 12.1. The average Bonchev–Trinajstić information content (AvgIpc) is 3.24. The lowest BCUT2D eigenvalue weighted by Crippen LogP contribution is -3.13. The highest BCUT2D eigenvalue weighted by Crippen LogP contribution is 2.31. The predicted octanol–water partition coefficient (Wildman–Crippen LogP) is 1.65. The topological polar surface area (TPSA) is 48.5 Å². The summed E-state index contributed by atoms with van der Waals surface area (Å²) in [5.74, 6) is 0.219. The van der Waals surface area contributed by atoms with Crippen LogP contribution in [0.2, 0.25) is 0 Å². The molecule has 0 saturated carbocycles. The molecule has 0 bridgehead atoms. The zero-order valence-corrected chi connectivity index (χ0v) is 15.1. The van der Waals surface area contributed by atoms with Gasteiger partial charge in [0.1, 0.15) is 6.54 Å². The van der Waals surface area contributed by atoms with Crippen molar-refractivity contribution in [2.24, 2.45) is 0 Å². The summed E-state index contributed by atoms with van der Waals surface area (Å²) in [4.78, 5) is 18.6. The van der Waals surface area contributed by atoms with Gasteiger partial charge in [-0.25, -0.2) is 0 Å². The Bertz CT molecular complexity index is 789. The first kappa shape index (κ1) is 16.3. The van der Waals surface area contributed by atoms with Crippen LogP contribution in [0.4, 0.5) is 0 Å². The minimum atomic E-state index is 0.219. The first-order valence-electron chi connectivity index (χ1n) is 8.96. The number of nitrogens with one attached hydrogen (secondary N) is 1. The molecule has 128 valence electrons. The van der Waals surface area contributed by atoms with Crippen molar-refractivity contribution in [1.29, 1.82) is 5.26 Å². The monoisotopic (exact) mass is 352 g/mol. The van der Waals surface area contributed by atoms with Gasteiger partial charge in [-0.1, -0.05) is 12.1 Å². The lowest BCUT2D eigenvalue weighted by molar-refractivity contribution is -0.917. The van der Waals surface area contributed by atoms with Gasteiger partial charge in [-0.3, -0.25) is 4.79 Å². The van der Waals surface area contributed by atoms with Gasteiger partial charge in [0.2, 0.25) is 0 Å². The van der Waals surface area contributed by atoms with Gasteiger partial charge >= 0.3 is 0 Å². The molecule has 0 atom stereocenters. The van der Waals surface area contributed by atoms with Gasteiger partial charge in [-0.2, -0.15) is 5.26 Å². The molecular weight excluding hydrogens is 330 g/mol. The third kappa shape index (κ3) is 3.46. The normalized spacial score (nSPS) is 17.3. The molecular formula is C20H22N3OS+. The number of piperazine rings is 1. The van der Waals surface area contributed by atoms with E-state index in [0.717, 1.165) is 50.4 Å². The van der Waals surface area contributed by atoms with E-state index in [0.29, 0.717) is 5.56 Å². The summed E-state index contributed by atoms with van der Waals surface area (Å²) < 4.78 is 0. The second-order valence-corrected chi connectivity index (χ2v) is 8.08. The van der Waals surface area contributed by atoms with Crippen LogP contribution in [0, 0.1) is 11.3 Å². The van der Waals surface area contributed by atoms with Crippen molar-refractivity contribution in [2.45, 2.75) is 25.8 Å². The van der Waals surface area contributed by atoms with Crippen LogP contribution >= 0.6 is 11.3 Å². The van der Waals surface area contributed by atoms with Crippen LogP contribution in [0.25, 0.3) is 0 Å². The van der Waals surface area contributed by atoms with E-state index < -0.39 is 0 Å². The van der Waals surface area contributed by atoms with Crippen LogP contribution in [0.5, 0.6) is 0 Å². The first-order chi connectivity index (χ1) is 12.2. The number of nitrogens with zero attached hydrogens (tertiary/aromatic N) is 2. The lowest BCUT2D eigenvalue weighted by atomic mass is 10.1. The van der Waals surface area contributed by atoms with E-state index in [1.165, 1.54) is 27.3 Å². The first-order valence-corrected chi connectivity index (χ1v) is 9.78. The number of fused-ring (bicyclic) bond motifs is 1. The Balaban J connectivity index is 1.32. The van der Waals surface area contributed by atoms with Crippen LogP contribution < -0.4 is 4.90 Å². The SMILES string of the molecule is N#Cc1ccc(C[NH+]2CCN(C(=O)c3cc4c(s3)CCC4)CC2)cc1. The second kappa shape index (κ2) is 6.99. The van der Waals surface area contributed by atoms with Gasteiger partial charge in [0.05, 0.1) is 42.7 Å². The van der Waals surface area contributed by atoms with Crippen LogP contribution in [-0.4, -0.2) is 37.0 Å². The molecule has 1 amide bonds. The summed E-state index contributed by atoms with van der Waals surface area (Å²) in [6.07, 6.45) is 3.53. The van der Waals surface area contributed by atoms with E-state index in [1.54, 1.807) is 11.3 Å². The summed E-state index contributed by atoms with van der Waals surface area (Å²) in [6.45, 7) is 4.58. The summed E-state index contributed by atoms with van der Waals surface area (Å²) >= 11 is 1.71. The highest BCUT2D eigenvalue weighted by atomic mass is 32.1. The molecule has 4 nitrogen and oxygen atoms in total. The number of hydrogen-bond acceptors (Lipinski definition) is 3. The quantitative estimate of drug-likeness (QED) is 0.913. The van der Waals surface area contributed by atoms with Crippen molar-refractivity contribution in [3.63, 3.8) is 0 Å². The number of amides is 1. The zero-order valence-electron chi connectivity index (χ0n) is 14.3. The van der Waals surface area contributed by atoms with Gasteiger partial charge in [-0.05, 0) is 43.0 Å². The molecule has 2 aromatic rings. The van der Waals surface area contributed by atoms with E-state index in [2.05, 4.69) is 12.1 Å². The van der Waals surface area contributed by atoms with Crippen molar-refractivity contribution in [2.75, 3.05) is 26.2 Å². The molecule has 4 rings (SSSR count). The van der Waals surface area contributed by atoms with Crippen molar-refractivity contribution in [3.8, 4) is 6.07 Å². The number of benzene rings is 1. The standard InChI is InChI=1S/C20H21N3OS/c21-13-15-4-6-16(7-5-15)14-22-8-10-23(11-9-22)20(24)19-12-17-2-1-3-18(17)25-19/h4-7,12H,1-3,8-11,14H2/p+1. The molecule has 1 aliphatic heterocycles. The smallest absolute Gasteiger partial charge is 0.264 e. The molecule has 2 aliphatic rings. The van der Waals surface area contributed by atoms with E-state index >= 15 is 0 Å². The Hall–Kier alpha value is -2.16. The maximum atomic E-state index is 12.7. The van der Waals surface area contributed by atoms with Gasteiger partial charge in [0, 0.05) is 10.4 Å². The number of thiophene rings is 1. The number of nitriles is 1. The fourth-order valence-electron chi connectivity index (χ4n) is 3.78. The number of carbonyl (C=O) groups is 1. The molecule has 2 heterocycles. The second-order valence-electron chi connectivity index (χ2n) is 6.94. The fourth-order valence-corrected chi connectivity index (χ4v) is 5.00. The highest BCUT2D eigenvalue weighted by molar-refractivity contribution is 7.14. The fraction of sp³-hybridized carbons (Fsp3) is 0.400. The van der Waals surface area contributed by atoms with Crippen LogP contribution in [0.15, 0.2) is 30.3 Å². The molecule has 1 aliphatic carbocycles. The zero-order chi connectivity index (χ0) is 17.2. The summed E-state index contributed by atoms with van der Waals surface area (Å²) in [5, 5.41) is 8.87. The van der Waals surface area contributed by atoms with Crippen LogP contribution in [0.3, 0.4) is 0 Å². The molecule has 0 spiro atoms. The van der Waals surface area contributed by atoms with Gasteiger partial charge in [-0.15, -0.1) is 11.3 Å². The van der Waals surface area contributed by atoms with E-state index in [1.807, 2.05) is 29.2 Å². The Labute approximate surface area is 152 Å². The molecule has 0 radical (unpaired) electrons. The van der Waals surface area contributed by atoms with Crippen molar-refractivity contribution in [3.05, 3.63) is 56.8 Å². The molecule has 0 unspecified atom stereocenters. The molecule has 1 aromatic heterocycles. The maximum absolute atomic E-state index is 12.7. The maximum Gasteiger partial charge on any atom is 0.264 e. The van der Waals surface area contributed by atoms with Crippen molar-refractivity contribution < 1.29 is 9.69 Å². The van der Waals surface area contributed by atoms with Gasteiger partial charge in [0.25, 0.3) is 5.91 Å². The average molecular weight is 352 g/mol. The highest BCUT2D eigenvalue weighted by Gasteiger charge is 2.27. The Morgan fingerprint density at radius 1 is 1.20 bits per heavy atom. The number of hydrogen-bond donors (Lipinski definition) is 1. The Morgan fingerprint density at radius 3 is 2.64 bits per heavy atom. The van der Waals surface area contributed by atoms with Gasteiger partial charge < -0.3 is 9.80 Å². The minimum absolute atomic E-state index is 0.219. The largest absolute Gasteiger partial charge is 0.328 e. The number of aryl methyl sites for hydroxylation is 2. The summed E-state index contributed by atoms with van der Waals surface area (Å²) in [7, 11) is 0. The molecule has 1 fully saturated rings. The van der Waals surface area contributed by atoms with E-state index in [-0.39, 0.29) is 5.91 Å². The Kier molecular flexibility index (Phi) is 4.56. The van der Waals surface area contributed by atoms with Crippen LogP contribution in [0.1, 0.15) is 37.7 Å². The van der Waals surface area contributed by atoms with Crippen molar-refractivity contribution >= 4 is 17.2 Å². The lowest BCUT2D eigenvalue weighted by Gasteiger charge is -2.32. The van der Waals surface area contributed by atoms with E-state index in [4.69, 9.17) is 5.26 Å². The summed E-state index contributed by atoms with van der Waals surface area (Å²) in [5.41, 5.74) is 3.36.